The first kappa shape index (κ1) is 12.9. The Bertz CT molecular complexity index is 576. The van der Waals surface area contributed by atoms with Crippen LogP contribution in [-0.2, 0) is 12.8 Å². The molecule has 0 aromatic carbocycles. The number of fused-ring (bicyclic) bond motifs is 3. The third-order valence-corrected chi connectivity index (χ3v) is 5.14. The molecule has 102 valence electrons. The lowest BCUT2D eigenvalue weighted by Crippen LogP contribution is -2.20. The van der Waals surface area contributed by atoms with E-state index in [0.29, 0.717) is 0 Å². The first-order valence-corrected chi connectivity index (χ1v) is 8.09. The second kappa shape index (κ2) is 5.45. The Morgan fingerprint density at radius 2 is 2.11 bits per heavy atom. The van der Waals surface area contributed by atoms with Gasteiger partial charge in [0, 0.05) is 18.5 Å². The Kier molecular flexibility index (Phi) is 3.69. The van der Waals surface area contributed by atoms with E-state index in [1.54, 1.807) is 11.2 Å². The van der Waals surface area contributed by atoms with E-state index >= 15 is 0 Å². The summed E-state index contributed by atoms with van der Waals surface area (Å²) in [5.41, 5.74) is 1.53. The van der Waals surface area contributed by atoms with Crippen LogP contribution >= 0.6 is 11.3 Å². The third kappa shape index (κ3) is 2.34. The average molecular weight is 275 g/mol. The number of unbranched alkanes of at least 4 members (excludes halogenated alkanes) is 1. The fourth-order valence-electron chi connectivity index (χ4n) is 2.86. The van der Waals surface area contributed by atoms with Crippen molar-refractivity contribution in [2.75, 3.05) is 18.5 Å². The Hall–Kier alpha value is -1.16. The van der Waals surface area contributed by atoms with Gasteiger partial charge in [-0.05, 0) is 37.7 Å². The van der Waals surface area contributed by atoms with E-state index in [9.17, 15) is 0 Å². The van der Waals surface area contributed by atoms with Gasteiger partial charge in [0.25, 0.3) is 0 Å². The number of rotatable bonds is 4. The Labute approximate surface area is 118 Å². The lowest BCUT2D eigenvalue weighted by atomic mass is 9.97. The summed E-state index contributed by atoms with van der Waals surface area (Å²) in [5, 5.41) is 1.33. The standard InChI is InChI=1S/C15H21N3S/c1-3-4-9-18(2)14-13-11-7-5-6-8-12(11)19-15(13)17-10-16-14/h10H,3-9H2,1-2H3. The number of nitrogens with zero attached hydrogens (tertiary/aromatic N) is 3. The van der Waals surface area contributed by atoms with E-state index in [0.717, 1.165) is 12.4 Å². The van der Waals surface area contributed by atoms with Crippen molar-refractivity contribution in [2.45, 2.75) is 45.4 Å². The highest BCUT2D eigenvalue weighted by molar-refractivity contribution is 7.19. The minimum atomic E-state index is 1.08. The maximum atomic E-state index is 4.56. The van der Waals surface area contributed by atoms with Crippen LogP contribution in [0, 0.1) is 0 Å². The maximum absolute atomic E-state index is 4.56. The van der Waals surface area contributed by atoms with E-state index in [1.807, 2.05) is 11.3 Å². The van der Waals surface area contributed by atoms with E-state index in [4.69, 9.17) is 0 Å². The summed E-state index contributed by atoms with van der Waals surface area (Å²) in [6.45, 7) is 3.31. The van der Waals surface area contributed by atoms with Gasteiger partial charge in [0.05, 0.1) is 5.39 Å². The number of aryl methyl sites for hydroxylation is 2. The molecule has 0 spiro atoms. The van der Waals surface area contributed by atoms with Gasteiger partial charge >= 0.3 is 0 Å². The number of aromatic nitrogens is 2. The van der Waals surface area contributed by atoms with Crippen molar-refractivity contribution in [3.63, 3.8) is 0 Å². The molecule has 0 aliphatic heterocycles. The molecule has 0 atom stereocenters. The average Bonchev–Trinajstić information content (AvgIpc) is 2.83. The molecule has 2 aromatic heterocycles. The fraction of sp³-hybridized carbons (Fsp3) is 0.600. The van der Waals surface area contributed by atoms with Crippen molar-refractivity contribution in [3.05, 3.63) is 16.8 Å². The molecular weight excluding hydrogens is 254 g/mol. The Morgan fingerprint density at radius 3 is 2.95 bits per heavy atom. The molecule has 0 saturated heterocycles. The van der Waals surface area contributed by atoms with Gasteiger partial charge in [-0.15, -0.1) is 11.3 Å². The van der Waals surface area contributed by atoms with Crippen LogP contribution < -0.4 is 4.90 Å². The summed E-state index contributed by atoms with van der Waals surface area (Å²) in [5.74, 6) is 1.14. The highest BCUT2D eigenvalue weighted by Gasteiger charge is 2.20. The molecule has 4 heteroatoms. The molecule has 0 radical (unpaired) electrons. The largest absolute Gasteiger partial charge is 0.359 e. The Morgan fingerprint density at radius 1 is 1.26 bits per heavy atom. The van der Waals surface area contributed by atoms with Crippen molar-refractivity contribution in [2.24, 2.45) is 0 Å². The highest BCUT2D eigenvalue weighted by atomic mass is 32.1. The topological polar surface area (TPSA) is 29.0 Å². The van der Waals surface area contributed by atoms with Gasteiger partial charge in [-0.2, -0.15) is 0 Å². The zero-order valence-electron chi connectivity index (χ0n) is 11.8. The van der Waals surface area contributed by atoms with Gasteiger partial charge in [0.2, 0.25) is 0 Å². The van der Waals surface area contributed by atoms with Crippen LogP contribution in [0.5, 0.6) is 0 Å². The predicted molar refractivity (Wildman–Crippen MR) is 82.2 cm³/mol. The zero-order valence-corrected chi connectivity index (χ0v) is 12.6. The lowest BCUT2D eigenvalue weighted by Gasteiger charge is -2.19. The molecule has 2 aromatic rings. The molecule has 0 bridgehead atoms. The van der Waals surface area contributed by atoms with E-state index in [2.05, 4.69) is 28.8 Å². The summed E-state index contributed by atoms with van der Waals surface area (Å²) < 4.78 is 0. The molecular formula is C15H21N3S. The molecule has 0 amide bonds. The van der Waals surface area contributed by atoms with Gasteiger partial charge in [0.15, 0.2) is 0 Å². The summed E-state index contributed by atoms with van der Waals surface area (Å²) in [6, 6.07) is 0. The van der Waals surface area contributed by atoms with Crippen molar-refractivity contribution in [3.8, 4) is 0 Å². The van der Waals surface area contributed by atoms with Crippen LogP contribution in [0.2, 0.25) is 0 Å². The lowest BCUT2D eigenvalue weighted by molar-refractivity contribution is 0.699. The molecule has 0 fully saturated rings. The normalized spacial score (nSPS) is 14.6. The van der Waals surface area contributed by atoms with Gasteiger partial charge in [-0.1, -0.05) is 13.3 Å². The van der Waals surface area contributed by atoms with E-state index in [-0.39, 0.29) is 0 Å². The monoisotopic (exact) mass is 275 g/mol. The van der Waals surface area contributed by atoms with Crippen LogP contribution in [0.1, 0.15) is 43.0 Å². The number of thiophene rings is 1. The van der Waals surface area contributed by atoms with Crippen LogP contribution in [0.3, 0.4) is 0 Å². The van der Waals surface area contributed by atoms with Crippen molar-refractivity contribution in [1.29, 1.82) is 0 Å². The molecule has 19 heavy (non-hydrogen) atoms. The molecule has 0 N–H and O–H groups in total. The van der Waals surface area contributed by atoms with Gasteiger partial charge in [-0.25, -0.2) is 9.97 Å². The fourth-order valence-corrected chi connectivity index (χ4v) is 4.09. The molecule has 2 heterocycles. The Balaban J connectivity index is 2.06. The number of hydrogen-bond donors (Lipinski definition) is 0. The van der Waals surface area contributed by atoms with Crippen molar-refractivity contribution < 1.29 is 0 Å². The van der Waals surface area contributed by atoms with Crippen LogP contribution in [0.15, 0.2) is 6.33 Å². The zero-order chi connectivity index (χ0) is 13.2. The smallest absolute Gasteiger partial charge is 0.140 e. The second-order valence-corrected chi connectivity index (χ2v) is 6.45. The van der Waals surface area contributed by atoms with E-state index < -0.39 is 0 Å². The first-order valence-electron chi connectivity index (χ1n) is 7.27. The third-order valence-electron chi connectivity index (χ3n) is 3.94. The molecule has 3 nitrogen and oxygen atoms in total. The highest BCUT2D eigenvalue weighted by Crippen LogP contribution is 2.38. The minimum absolute atomic E-state index is 1.08. The van der Waals surface area contributed by atoms with Crippen LogP contribution in [-0.4, -0.2) is 23.6 Å². The number of hydrogen-bond acceptors (Lipinski definition) is 4. The summed E-state index contributed by atoms with van der Waals surface area (Å²) >= 11 is 1.88. The predicted octanol–water partition coefficient (Wildman–Crippen LogP) is 3.81. The SMILES string of the molecule is CCCCN(C)c1ncnc2sc3c(c12)CCCC3. The molecule has 0 saturated carbocycles. The summed E-state index contributed by atoms with van der Waals surface area (Å²) in [4.78, 5) is 14.1. The van der Waals surface area contributed by atoms with Crippen molar-refractivity contribution >= 4 is 27.4 Å². The van der Waals surface area contributed by atoms with E-state index in [1.165, 1.54) is 54.3 Å². The summed E-state index contributed by atoms with van der Waals surface area (Å²) in [7, 11) is 2.16. The molecule has 3 rings (SSSR count). The number of anilines is 1. The maximum Gasteiger partial charge on any atom is 0.140 e. The van der Waals surface area contributed by atoms with Crippen LogP contribution in [0.4, 0.5) is 5.82 Å². The first-order chi connectivity index (χ1) is 9.31. The molecule has 0 unspecified atom stereocenters. The van der Waals surface area contributed by atoms with Gasteiger partial charge in [-0.3, -0.25) is 0 Å². The second-order valence-electron chi connectivity index (χ2n) is 5.36. The molecule has 1 aliphatic rings. The molecule has 1 aliphatic carbocycles. The quantitative estimate of drug-likeness (QED) is 0.849. The van der Waals surface area contributed by atoms with Crippen LogP contribution in [0.25, 0.3) is 10.2 Å². The van der Waals surface area contributed by atoms with Gasteiger partial charge in [0.1, 0.15) is 17.0 Å². The van der Waals surface area contributed by atoms with Crippen molar-refractivity contribution in [1.82, 2.24) is 9.97 Å². The summed E-state index contributed by atoms with van der Waals surface area (Å²) in [6.07, 6.45) is 9.24. The minimum Gasteiger partial charge on any atom is -0.359 e. The van der Waals surface area contributed by atoms with Gasteiger partial charge < -0.3 is 4.90 Å².